The zero-order valence-corrected chi connectivity index (χ0v) is 5.61. The van der Waals surface area contributed by atoms with Crippen LogP contribution in [0.25, 0.3) is 0 Å². The van der Waals surface area contributed by atoms with Crippen molar-refractivity contribution in [3.05, 3.63) is 0 Å². The molecule has 6 heavy (non-hydrogen) atoms. The van der Waals surface area contributed by atoms with Gasteiger partial charge in [0, 0.05) is 32.1 Å². The van der Waals surface area contributed by atoms with Gasteiger partial charge in [-0.25, -0.2) is 0 Å². The van der Waals surface area contributed by atoms with Gasteiger partial charge >= 0.3 is 0 Å². The molecule has 0 bridgehead atoms. The molecule has 0 rings (SSSR count). The molecular weight excluding hydrogens is 190 g/mol. The first kappa shape index (κ1) is 16.0. The van der Waals surface area contributed by atoms with E-state index in [0.29, 0.717) is 0 Å². The van der Waals surface area contributed by atoms with Crippen molar-refractivity contribution in [3.8, 4) is 0 Å². The van der Waals surface area contributed by atoms with Gasteiger partial charge in [0.15, 0.2) is 0 Å². The molecule has 0 aliphatic heterocycles. The molecule has 4 nitrogen and oxygen atoms in total. The summed E-state index contributed by atoms with van der Waals surface area (Å²) in [6.07, 6.45) is 0. The molecule has 0 heterocycles. The first-order valence-electron chi connectivity index (χ1n) is 0.516. The fourth-order valence-electron chi connectivity index (χ4n) is 0. The van der Waals surface area contributed by atoms with E-state index < -0.39 is 11.0 Å². The standard InChI is InChI=1S/Mo.H3N.HO3S/c;;1-4(2)3/h;1H3;(H,1,2,3)/q;;-1. The molecule has 0 fully saturated rings. The predicted molar refractivity (Wildman–Crippen MR) is 16.4 cm³/mol. The van der Waals surface area contributed by atoms with E-state index in [0.717, 1.165) is 0 Å². The molecule has 0 spiro atoms. The Morgan fingerprint density at radius 2 is 1.33 bits per heavy atom. The molecule has 0 saturated carbocycles. The van der Waals surface area contributed by atoms with Crippen molar-refractivity contribution in [3.63, 3.8) is 0 Å². The fourth-order valence-corrected chi connectivity index (χ4v) is 0. The molecule has 0 aromatic heterocycles. The van der Waals surface area contributed by atoms with E-state index in [-0.39, 0.29) is 27.2 Å². The Morgan fingerprint density at radius 1 is 1.33 bits per heavy atom. The Labute approximate surface area is 51.6 Å². The van der Waals surface area contributed by atoms with Gasteiger partial charge in [0.2, 0.25) is 0 Å². The first-order valence-corrected chi connectivity index (χ1v) is 1.55. The van der Waals surface area contributed by atoms with Crippen LogP contribution in [-0.2, 0) is 40.5 Å². The molecular formula is H4MoNO3S-. The molecule has 0 saturated heterocycles. The monoisotopic (exact) mass is 196 g/mol. The molecule has 0 unspecified atom stereocenters. The van der Waals surface area contributed by atoms with E-state index in [1.165, 1.54) is 0 Å². The summed E-state index contributed by atoms with van der Waals surface area (Å²) in [6.45, 7) is 0. The van der Waals surface area contributed by atoms with Gasteiger partial charge in [-0.1, -0.05) is 0 Å². The second-order valence-electron chi connectivity index (χ2n) is 0.217. The summed E-state index contributed by atoms with van der Waals surface area (Å²) >= 11 is 0. The van der Waals surface area contributed by atoms with Gasteiger partial charge < -0.3 is 19.1 Å². The minimum absolute atomic E-state index is 0. The Kier molecular flexibility index (Phi) is 24.3. The molecule has 4 N–H and O–H groups in total. The van der Waals surface area contributed by atoms with E-state index in [1.807, 2.05) is 0 Å². The van der Waals surface area contributed by atoms with Crippen LogP contribution in [0.15, 0.2) is 0 Å². The maximum atomic E-state index is 8.56. The van der Waals surface area contributed by atoms with Crippen molar-refractivity contribution < 1.29 is 34.0 Å². The van der Waals surface area contributed by atoms with Gasteiger partial charge in [0.05, 0.1) is 0 Å². The van der Waals surface area contributed by atoms with Crippen LogP contribution in [0.3, 0.4) is 0 Å². The van der Waals surface area contributed by atoms with E-state index in [4.69, 9.17) is 13.0 Å². The SMILES string of the molecule is N.O=[S-](=O)O.[Mo]. The topological polar surface area (TPSA) is 89.4 Å². The maximum Gasteiger partial charge on any atom is 0.0495 e. The van der Waals surface area contributed by atoms with Crippen LogP contribution in [0.5, 0.6) is 0 Å². The van der Waals surface area contributed by atoms with E-state index in [9.17, 15) is 0 Å². The minimum atomic E-state index is -2.86. The van der Waals surface area contributed by atoms with Crippen molar-refractivity contribution in [1.29, 1.82) is 0 Å². The van der Waals surface area contributed by atoms with Crippen molar-refractivity contribution in [1.82, 2.24) is 6.15 Å². The predicted octanol–water partition coefficient (Wildman–Crippen LogP) is -0.0718. The van der Waals surface area contributed by atoms with Crippen molar-refractivity contribution in [2.45, 2.75) is 0 Å². The second kappa shape index (κ2) is 9.12. The fraction of sp³-hybridized carbons (Fsp3) is 0. The summed E-state index contributed by atoms with van der Waals surface area (Å²) in [6, 6.07) is 0. The van der Waals surface area contributed by atoms with Crippen LogP contribution in [0.1, 0.15) is 0 Å². The molecule has 0 atom stereocenters. The van der Waals surface area contributed by atoms with Crippen LogP contribution in [0.2, 0.25) is 0 Å². The molecule has 40 valence electrons. The molecule has 0 aromatic rings. The molecule has 0 amide bonds. The smallest absolute Gasteiger partial charge is 0.0495 e. The first-order chi connectivity index (χ1) is 1.73. The summed E-state index contributed by atoms with van der Waals surface area (Å²) < 4.78 is 24.1. The van der Waals surface area contributed by atoms with E-state index in [2.05, 4.69) is 0 Å². The molecule has 0 aromatic carbocycles. The van der Waals surface area contributed by atoms with Crippen LogP contribution in [0, 0.1) is 0 Å². The van der Waals surface area contributed by atoms with Gasteiger partial charge in [-0.15, -0.1) is 0 Å². The van der Waals surface area contributed by atoms with Crippen molar-refractivity contribution in [2.24, 2.45) is 0 Å². The van der Waals surface area contributed by atoms with Crippen LogP contribution in [-0.4, -0.2) is 4.55 Å². The van der Waals surface area contributed by atoms with Crippen LogP contribution in [0.4, 0.5) is 0 Å². The molecule has 0 radical (unpaired) electrons. The van der Waals surface area contributed by atoms with E-state index >= 15 is 0 Å². The molecule has 0 aliphatic carbocycles. The van der Waals surface area contributed by atoms with Crippen LogP contribution < -0.4 is 6.15 Å². The summed E-state index contributed by atoms with van der Waals surface area (Å²) in [5.41, 5.74) is 0. The number of rotatable bonds is 0. The van der Waals surface area contributed by atoms with Crippen molar-refractivity contribution in [2.75, 3.05) is 0 Å². The third-order valence-corrected chi connectivity index (χ3v) is 0. The molecule has 6 heteroatoms. The minimum Gasteiger partial charge on any atom is -0.439 e. The van der Waals surface area contributed by atoms with E-state index in [1.54, 1.807) is 0 Å². The third-order valence-electron chi connectivity index (χ3n) is 0. The Morgan fingerprint density at radius 3 is 1.33 bits per heavy atom. The largest absolute Gasteiger partial charge is 0.439 e. The summed E-state index contributed by atoms with van der Waals surface area (Å²) in [5, 5.41) is 0. The summed E-state index contributed by atoms with van der Waals surface area (Å²) in [7, 11) is -2.86. The van der Waals surface area contributed by atoms with Gasteiger partial charge in [-0.3, -0.25) is 0 Å². The summed E-state index contributed by atoms with van der Waals surface area (Å²) in [5.74, 6) is 0. The maximum absolute atomic E-state index is 8.56. The summed E-state index contributed by atoms with van der Waals surface area (Å²) in [4.78, 5) is 0. The van der Waals surface area contributed by atoms with Gasteiger partial charge in [0.1, 0.15) is 0 Å². The number of hydrogen-bond donors (Lipinski definition) is 2. The Balaban J connectivity index is -0.0000000450. The average molecular weight is 194 g/mol. The van der Waals surface area contributed by atoms with Crippen molar-refractivity contribution >= 4 is 11.0 Å². The Bertz CT molecular complexity index is 59.2. The normalized spacial score (nSPS) is 5.67. The van der Waals surface area contributed by atoms with Gasteiger partial charge in [-0.05, 0) is 0 Å². The Hall–Kier alpha value is 0.558. The van der Waals surface area contributed by atoms with Crippen LogP contribution >= 0.6 is 0 Å². The second-order valence-corrected chi connectivity index (χ2v) is 0.651. The van der Waals surface area contributed by atoms with Gasteiger partial charge in [-0.2, -0.15) is 0 Å². The zero-order valence-electron chi connectivity index (χ0n) is 2.79. The quantitative estimate of drug-likeness (QED) is 0.244. The number of hydrogen-bond acceptors (Lipinski definition) is 4. The molecule has 0 aliphatic rings. The average Bonchev–Trinajstić information content (AvgIpc) is 0.811. The van der Waals surface area contributed by atoms with Gasteiger partial charge in [0.25, 0.3) is 0 Å². The third kappa shape index (κ3) is 185. The zero-order chi connectivity index (χ0) is 3.58.